The predicted molar refractivity (Wildman–Crippen MR) is 153 cm³/mol. The van der Waals surface area contributed by atoms with Crippen molar-refractivity contribution in [2.45, 2.75) is 57.6 Å². The number of methoxy groups -OCH3 is 1. The molecule has 3 atom stereocenters. The van der Waals surface area contributed by atoms with E-state index in [-0.39, 0.29) is 56.5 Å². The topological polar surface area (TPSA) is 138 Å². The SMILES string of the molecule is COC[C@H]1C[C@@H]1c1sc(-c2ccccc2)nc1C(=O)N[C@@H](CCC(=O)OC(C)(C)C)C(=O)N1CCN(C(=O)O)CC1. The van der Waals surface area contributed by atoms with Crippen molar-refractivity contribution in [3.05, 3.63) is 40.9 Å². The van der Waals surface area contributed by atoms with Crippen LogP contribution in [0.25, 0.3) is 10.6 Å². The molecule has 1 aromatic carbocycles. The maximum Gasteiger partial charge on any atom is 0.407 e. The molecule has 0 unspecified atom stereocenters. The van der Waals surface area contributed by atoms with E-state index in [1.165, 1.54) is 21.1 Å². The summed E-state index contributed by atoms with van der Waals surface area (Å²) < 4.78 is 10.8. The highest BCUT2D eigenvalue weighted by molar-refractivity contribution is 7.15. The number of ether oxygens (including phenoxy) is 2. The summed E-state index contributed by atoms with van der Waals surface area (Å²) >= 11 is 1.47. The van der Waals surface area contributed by atoms with E-state index >= 15 is 0 Å². The molecule has 222 valence electrons. The van der Waals surface area contributed by atoms with E-state index in [2.05, 4.69) is 5.32 Å². The number of amides is 3. The number of aromatic nitrogens is 1. The highest BCUT2D eigenvalue weighted by Gasteiger charge is 2.43. The number of hydrogen-bond acceptors (Lipinski definition) is 8. The number of esters is 1. The van der Waals surface area contributed by atoms with Crippen LogP contribution in [0, 0.1) is 5.92 Å². The lowest BCUT2D eigenvalue weighted by molar-refractivity contribution is -0.155. The normalized spacial score (nSPS) is 19.4. The molecule has 1 saturated heterocycles. The minimum Gasteiger partial charge on any atom is -0.465 e. The molecule has 1 saturated carbocycles. The second kappa shape index (κ2) is 13.0. The Bertz CT molecular complexity index is 1250. The van der Waals surface area contributed by atoms with Gasteiger partial charge in [0.15, 0.2) is 0 Å². The van der Waals surface area contributed by atoms with Crippen molar-refractivity contribution in [3.8, 4) is 10.6 Å². The van der Waals surface area contributed by atoms with Gasteiger partial charge in [0.2, 0.25) is 5.91 Å². The molecule has 2 N–H and O–H groups in total. The maximum atomic E-state index is 13.7. The summed E-state index contributed by atoms with van der Waals surface area (Å²) in [5, 5.41) is 12.8. The lowest BCUT2D eigenvalue weighted by Crippen LogP contribution is -2.55. The molecule has 2 heterocycles. The van der Waals surface area contributed by atoms with E-state index in [1.807, 2.05) is 30.3 Å². The summed E-state index contributed by atoms with van der Waals surface area (Å²) in [6.07, 6.45) is -0.177. The van der Waals surface area contributed by atoms with Crippen LogP contribution in [0.3, 0.4) is 0 Å². The fraction of sp³-hybridized carbons (Fsp3) is 0.552. The van der Waals surface area contributed by atoms with Crippen LogP contribution in [0.4, 0.5) is 4.79 Å². The molecule has 4 rings (SSSR count). The first kappa shape index (κ1) is 30.4. The second-order valence-corrected chi connectivity index (χ2v) is 12.4. The van der Waals surface area contributed by atoms with Crippen LogP contribution in [-0.2, 0) is 19.1 Å². The second-order valence-electron chi connectivity index (χ2n) is 11.4. The number of nitrogens with one attached hydrogen (secondary N) is 1. The van der Waals surface area contributed by atoms with Gasteiger partial charge in [0.1, 0.15) is 22.3 Å². The molecule has 12 heteroatoms. The summed E-state index contributed by atoms with van der Waals surface area (Å²) in [7, 11) is 1.65. The number of carbonyl (C=O) groups excluding carboxylic acids is 3. The van der Waals surface area contributed by atoms with Crippen LogP contribution in [0.15, 0.2) is 30.3 Å². The molecule has 3 amide bonds. The monoisotopic (exact) mass is 586 g/mol. The molecule has 0 bridgehead atoms. The predicted octanol–water partition coefficient (Wildman–Crippen LogP) is 3.60. The van der Waals surface area contributed by atoms with Crippen molar-refractivity contribution in [3.63, 3.8) is 0 Å². The van der Waals surface area contributed by atoms with Crippen molar-refractivity contribution < 1.29 is 33.8 Å². The Morgan fingerprint density at radius 1 is 1.10 bits per heavy atom. The van der Waals surface area contributed by atoms with Crippen molar-refractivity contribution in [2.75, 3.05) is 39.9 Å². The number of hydrogen-bond donors (Lipinski definition) is 2. The van der Waals surface area contributed by atoms with Gasteiger partial charge >= 0.3 is 12.1 Å². The van der Waals surface area contributed by atoms with E-state index in [4.69, 9.17) is 14.5 Å². The van der Waals surface area contributed by atoms with Gasteiger partial charge in [-0.05, 0) is 39.5 Å². The van der Waals surface area contributed by atoms with Gasteiger partial charge < -0.3 is 29.7 Å². The van der Waals surface area contributed by atoms with Gasteiger partial charge in [-0.2, -0.15) is 0 Å². The van der Waals surface area contributed by atoms with Crippen LogP contribution in [0.2, 0.25) is 0 Å². The number of rotatable bonds is 10. The first-order valence-corrected chi connectivity index (χ1v) is 14.6. The lowest BCUT2D eigenvalue weighted by atomic mass is 10.1. The van der Waals surface area contributed by atoms with Gasteiger partial charge in [0.05, 0.1) is 0 Å². The summed E-state index contributed by atoms with van der Waals surface area (Å²) in [4.78, 5) is 59.5. The molecule has 2 fully saturated rings. The zero-order valence-corrected chi connectivity index (χ0v) is 24.7. The minimum atomic E-state index is -1.04. The van der Waals surface area contributed by atoms with Crippen molar-refractivity contribution >= 4 is 35.2 Å². The fourth-order valence-electron chi connectivity index (χ4n) is 4.89. The third-order valence-electron chi connectivity index (χ3n) is 7.05. The Kier molecular flexibility index (Phi) is 9.64. The molecule has 1 aromatic heterocycles. The zero-order valence-electron chi connectivity index (χ0n) is 23.9. The maximum absolute atomic E-state index is 13.7. The summed E-state index contributed by atoms with van der Waals surface area (Å²) in [6.45, 7) is 6.62. The van der Waals surface area contributed by atoms with Crippen molar-refractivity contribution in [2.24, 2.45) is 5.92 Å². The zero-order chi connectivity index (χ0) is 29.7. The highest BCUT2D eigenvalue weighted by Crippen LogP contribution is 2.51. The highest BCUT2D eigenvalue weighted by atomic mass is 32.1. The largest absolute Gasteiger partial charge is 0.465 e. The van der Waals surface area contributed by atoms with E-state index < -0.39 is 29.6 Å². The van der Waals surface area contributed by atoms with Gasteiger partial charge in [0, 0.05) is 62.7 Å². The van der Waals surface area contributed by atoms with Crippen molar-refractivity contribution in [1.29, 1.82) is 0 Å². The van der Waals surface area contributed by atoms with E-state index in [0.29, 0.717) is 12.5 Å². The number of carboxylic acid groups (broad SMARTS) is 1. The molecule has 1 aliphatic carbocycles. The quantitative estimate of drug-likeness (QED) is 0.403. The molecule has 11 nitrogen and oxygen atoms in total. The number of nitrogens with zero attached hydrogens (tertiary/aromatic N) is 3. The molecule has 1 aliphatic heterocycles. The van der Waals surface area contributed by atoms with Crippen molar-refractivity contribution in [1.82, 2.24) is 20.1 Å². The smallest absolute Gasteiger partial charge is 0.407 e. The average molecular weight is 587 g/mol. The molecule has 2 aromatic rings. The van der Waals surface area contributed by atoms with Crippen LogP contribution >= 0.6 is 11.3 Å². The molecule has 0 spiro atoms. The average Bonchev–Trinajstić information content (AvgIpc) is 3.55. The Morgan fingerprint density at radius 3 is 2.37 bits per heavy atom. The first-order chi connectivity index (χ1) is 19.5. The van der Waals surface area contributed by atoms with Gasteiger partial charge in [-0.3, -0.25) is 14.4 Å². The number of thiazole rings is 1. The third kappa shape index (κ3) is 8.04. The number of piperazine rings is 1. The Labute approximate surface area is 243 Å². The number of carbonyl (C=O) groups is 4. The van der Waals surface area contributed by atoms with E-state index in [1.54, 1.807) is 27.9 Å². The van der Waals surface area contributed by atoms with E-state index in [0.717, 1.165) is 21.9 Å². The van der Waals surface area contributed by atoms with Gasteiger partial charge in [-0.25, -0.2) is 9.78 Å². The minimum absolute atomic E-state index is 0.0410. The summed E-state index contributed by atoms with van der Waals surface area (Å²) in [6, 6.07) is 8.61. The van der Waals surface area contributed by atoms with Crippen LogP contribution in [0.5, 0.6) is 0 Å². The molecule has 41 heavy (non-hydrogen) atoms. The Hall–Kier alpha value is -3.51. The third-order valence-corrected chi connectivity index (χ3v) is 8.29. The summed E-state index contributed by atoms with van der Waals surface area (Å²) in [5.74, 6) is -0.873. The van der Waals surface area contributed by atoms with Gasteiger partial charge in [-0.15, -0.1) is 11.3 Å². The first-order valence-electron chi connectivity index (χ1n) is 13.8. The number of benzene rings is 1. The van der Waals surface area contributed by atoms with Gasteiger partial charge in [-0.1, -0.05) is 30.3 Å². The van der Waals surface area contributed by atoms with Crippen LogP contribution in [0.1, 0.15) is 61.3 Å². The van der Waals surface area contributed by atoms with Gasteiger partial charge in [0.25, 0.3) is 5.91 Å². The summed E-state index contributed by atoms with van der Waals surface area (Å²) in [5.41, 5.74) is 0.498. The van der Waals surface area contributed by atoms with Crippen LogP contribution < -0.4 is 5.32 Å². The molecule has 0 radical (unpaired) electrons. The lowest BCUT2D eigenvalue weighted by Gasteiger charge is -2.35. The Morgan fingerprint density at radius 2 is 1.76 bits per heavy atom. The fourth-order valence-corrected chi connectivity index (χ4v) is 6.17. The van der Waals surface area contributed by atoms with E-state index in [9.17, 15) is 24.3 Å². The Balaban J connectivity index is 1.55. The molecule has 2 aliphatic rings. The molecular weight excluding hydrogens is 548 g/mol. The van der Waals surface area contributed by atoms with Crippen LogP contribution in [-0.4, -0.2) is 95.3 Å². The standard InChI is InChI=1S/C29H38N4O7S/c1-29(2,3)40-22(34)11-10-21(27(36)32-12-14-33(15-13-32)28(37)38)30-25(35)23-24(20-16-19(20)17-39-4)41-26(31-23)18-8-6-5-7-9-18/h5-9,19-21H,10-17H2,1-4H3,(H,30,35)(H,37,38)/t19-,20+,21+/m1/s1. The molecular formula is C29H38N4O7S.